The zero-order chi connectivity index (χ0) is 12.8. The summed E-state index contributed by atoms with van der Waals surface area (Å²) >= 11 is 0. The van der Waals surface area contributed by atoms with Crippen molar-refractivity contribution in [3.8, 4) is 5.75 Å². The maximum atomic E-state index is 8.94. The lowest BCUT2D eigenvalue weighted by Gasteiger charge is -2.18. The van der Waals surface area contributed by atoms with Gasteiger partial charge in [0, 0.05) is 0 Å². The summed E-state index contributed by atoms with van der Waals surface area (Å²) in [6.07, 6.45) is 3.07. The number of ether oxygens (including phenoxy) is 1. The lowest BCUT2D eigenvalue weighted by atomic mass is 10.0. The fraction of sp³-hybridized carbons (Fsp3) is 0.571. The molecule has 0 spiro atoms. The first-order valence-electron chi connectivity index (χ1n) is 6.53. The van der Waals surface area contributed by atoms with E-state index in [2.05, 4.69) is 17.4 Å². The molecule has 1 heterocycles. The van der Waals surface area contributed by atoms with Crippen molar-refractivity contribution in [2.45, 2.75) is 25.3 Å². The van der Waals surface area contributed by atoms with Gasteiger partial charge in [-0.1, -0.05) is 12.1 Å². The third kappa shape index (κ3) is 3.45. The molecule has 0 unspecified atom stereocenters. The first kappa shape index (κ1) is 13.3. The number of aliphatic hydroxyl groups is 2. The average Bonchev–Trinajstić information content (AvgIpc) is 2.43. The van der Waals surface area contributed by atoms with Crippen molar-refractivity contribution in [2.24, 2.45) is 0 Å². The molecule has 0 saturated carbocycles. The second-order valence-corrected chi connectivity index (χ2v) is 4.66. The van der Waals surface area contributed by atoms with E-state index in [-0.39, 0.29) is 19.3 Å². The molecule has 4 nitrogen and oxygen atoms in total. The van der Waals surface area contributed by atoms with Crippen LogP contribution >= 0.6 is 0 Å². The van der Waals surface area contributed by atoms with Crippen molar-refractivity contribution in [1.82, 2.24) is 5.32 Å². The third-order valence-electron chi connectivity index (χ3n) is 3.26. The molecule has 1 aliphatic heterocycles. The summed E-state index contributed by atoms with van der Waals surface area (Å²) in [6, 6.07) is 6.10. The van der Waals surface area contributed by atoms with Gasteiger partial charge in [-0.2, -0.15) is 0 Å². The van der Waals surface area contributed by atoms with Crippen LogP contribution in [0.3, 0.4) is 0 Å². The molecule has 0 aliphatic carbocycles. The highest BCUT2D eigenvalue weighted by atomic mass is 16.5. The maximum Gasteiger partial charge on any atom is 0.122 e. The molecule has 0 radical (unpaired) electrons. The van der Waals surface area contributed by atoms with Gasteiger partial charge in [-0.25, -0.2) is 0 Å². The van der Waals surface area contributed by atoms with Gasteiger partial charge < -0.3 is 20.3 Å². The van der Waals surface area contributed by atoms with E-state index in [1.165, 1.54) is 11.1 Å². The number of aliphatic hydroxyl groups excluding tert-OH is 2. The van der Waals surface area contributed by atoms with Crippen LogP contribution in [0.5, 0.6) is 5.75 Å². The summed E-state index contributed by atoms with van der Waals surface area (Å²) < 4.78 is 5.57. The summed E-state index contributed by atoms with van der Waals surface area (Å²) in [6.45, 7) is 1.51. The van der Waals surface area contributed by atoms with Crippen LogP contribution in [0.2, 0.25) is 0 Å². The van der Waals surface area contributed by atoms with Crippen LogP contribution < -0.4 is 10.1 Å². The molecule has 18 heavy (non-hydrogen) atoms. The monoisotopic (exact) mass is 251 g/mol. The molecule has 0 saturated heterocycles. The van der Waals surface area contributed by atoms with Gasteiger partial charge in [0.1, 0.15) is 5.75 Å². The quantitative estimate of drug-likeness (QED) is 0.689. The summed E-state index contributed by atoms with van der Waals surface area (Å²) in [4.78, 5) is 0. The Kier molecular flexibility index (Phi) is 4.99. The van der Waals surface area contributed by atoms with E-state index < -0.39 is 0 Å². The maximum absolute atomic E-state index is 8.94. The van der Waals surface area contributed by atoms with Crippen LogP contribution in [0.1, 0.15) is 17.5 Å². The minimum atomic E-state index is -0.217. The van der Waals surface area contributed by atoms with E-state index in [1.54, 1.807) is 0 Å². The van der Waals surface area contributed by atoms with E-state index in [0.29, 0.717) is 0 Å². The normalized spacial score (nSPS) is 14.4. The summed E-state index contributed by atoms with van der Waals surface area (Å²) in [5, 5.41) is 21.0. The number of aryl methyl sites for hydroxylation is 1. The molecule has 2 rings (SSSR count). The Morgan fingerprint density at radius 3 is 2.89 bits per heavy atom. The Hall–Kier alpha value is -1.10. The molecular formula is C14H21NO3. The van der Waals surface area contributed by atoms with Crippen molar-refractivity contribution >= 4 is 0 Å². The second-order valence-electron chi connectivity index (χ2n) is 4.66. The van der Waals surface area contributed by atoms with Gasteiger partial charge >= 0.3 is 0 Å². The molecule has 4 heteroatoms. The summed E-state index contributed by atoms with van der Waals surface area (Å²) in [5.41, 5.74) is 2.56. The van der Waals surface area contributed by atoms with E-state index >= 15 is 0 Å². The standard InChI is InChI=1S/C14H21NO3/c16-9-13(10-17)15-6-5-11-3-4-14-12(8-11)2-1-7-18-14/h3-4,8,13,15-17H,1-2,5-7,9-10H2. The minimum Gasteiger partial charge on any atom is -0.493 e. The predicted molar refractivity (Wildman–Crippen MR) is 69.9 cm³/mol. The molecule has 100 valence electrons. The Morgan fingerprint density at radius 2 is 2.11 bits per heavy atom. The first-order valence-corrected chi connectivity index (χ1v) is 6.53. The van der Waals surface area contributed by atoms with E-state index in [0.717, 1.165) is 38.2 Å². The Bertz CT molecular complexity index is 377. The van der Waals surface area contributed by atoms with Gasteiger partial charge in [-0.05, 0) is 43.0 Å². The summed E-state index contributed by atoms with van der Waals surface area (Å²) in [7, 11) is 0. The van der Waals surface area contributed by atoms with Crippen LogP contribution in [0.25, 0.3) is 0 Å². The molecule has 0 atom stereocenters. The lowest BCUT2D eigenvalue weighted by molar-refractivity contribution is 0.171. The lowest BCUT2D eigenvalue weighted by Crippen LogP contribution is -2.36. The van der Waals surface area contributed by atoms with Gasteiger partial charge in [0.2, 0.25) is 0 Å². The number of rotatable bonds is 6. The smallest absolute Gasteiger partial charge is 0.122 e. The van der Waals surface area contributed by atoms with E-state index in [1.807, 2.05) is 6.07 Å². The fourth-order valence-corrected chi connectivity index (χ4v) is 2.18. The fourth-order valence-electron chi connectivity index (χ4n) is 2.18. The highest BCUT2D eigenvalue weighted by Gasteiger charge is 2.10. The molecule has 1 aliphatic rings. The molecule has 0 aromatic heterocycles. The predicted octanol–water partition coefficient (Wildman–Crippen LogP) is 0.497. The zero-order valence-electron chi connectivity index (χ0n) is 10.6. The molecule has 1 aromatic rings. The third-order valence-corrected chi connectivity index (χ3v) is 3.26. The van der Waals surface area contributed by atoms with E-state index in [4.69, 9.17) is 14.9 Å². The molecule has 3 N–H and O–H groups in total. The number of hydrogen-bond acceptors (Lipinski definition) is 4. The highest BCUT2D eigenvalue weighted by Crippen LogP contribution is 2.25. The number of benzene rings is 1. The van der Waals surface area contributed by atoms with Crippen molar-refractivity contribution < 1.29 is 14.9 Å². The van der Waals surface area contributed by atoms with Crippen LogP contribution in [0.4, 0.5) is 0 Å². The van der Waals surface area contributed by atoms with Crippen molar-refractivity contribution in [3.63, 3.8) is 0 Å². The number of fused-ring (bicyclic) bond motifs is 1. The number of nitrogens with one attached hydrogen (secondary N) is 1. The molecule has 0 fully saturated rings. The molecule has 0 amide bonds. The molecule has 0 bridgehead atoms. The van der Waals surface area contributed by atoms with Gasteiger partial charge in [0.05, 0.1) is 25.9 Å². The van der Waals surface area contributed by atoms with Crippen LogP contribution in [-0.2, 0) is 12.8 Å². The summed E-state index contributed by atoms with van der Waals surface area (Å²) in [5.74, 6) is 1.02. The molecule has 1 aromatic carbocycles. The Morgan fingerprint density at radius 1 is 1.28 bits per heavy atom. The minimum absolute atomic E-state index is 0.0332. The van der Waals surface area contributed by atoms with Gasteiger partial charge in [0.25, 0.3) is 0 Å². The number of hydrogen-bond donors (Lipinski definition) is 3. The van der Waals surface area contributed by atoms with Crippen LogP contribution in [0.15, 0.2) is 18.2 Å². The average molecular weight is 251 g/mol. The Balaban J connectivity index is 1.86. The van der Waals surface area contributed by atoms with Gasteiger partial charge in [-0.3, -0.25) is 0 Å². The van der Waals surface area contributed by atoms with Gasteiger partial charge in [0.15, 0.2) is 0 Å². The zero-order valence-corrected chi connectivity index (χ0v) is 10.6. The molecular weight excluding hydrogens is 230 g/mol. The van der Waals surface area contributed by atoms with Crippen molar-refractivity contribution in [1.29, 1.82) is 0 Å². The van der Waals surface area contributed by atoms with Crippen LogP contribution in [-0.4, -0.2) is 42.6 Å². The van der Waals surface area contributed by atoms with Crippen molar-refractivity contribution in [2.75, 3.05) is 26.4 Å². The first-order chi connectivity index (χ1) is 8.83. The SMILES string of the molecule is OCC(CO)NCCc1ccc2c(c1)CCCO2. The topological polar surface area (TPSA) is 61.7 Å². The van der Waals surface area contributed by atoms with Crippen molar-refractivity contribution in [3.05, 3.63) is 29.3 Å². The second kappa shape index (κ2) is 6.73. The van der Waals surface area contributed by atoms with Crippen LogP contribution in [0, 0.1) is 0 Å². The van der Waals surface area contributed by atoms with E-state index in [9.17, 15) is 0 Å². The Labute approximate surface area is 108 Å². The largest absolute Gasteiger partial charge is 0.493 e. The highest BCUT2D eigenvalue weighted by molar-refractivity contribution is 5.38. The van der Waals surface area contributed by atoms with Gasteiger partial charge in [-0.15, -0.1) is 0 Å².